The first-order valence-electron chi connectivity index (χ1n) is 20.8. The van der Waals surface area contributed by atoms with Crippen LogP contribution in [0.25, 0.3) is 22.8 Å². The Morgan fingerprint density at radius 2 is 1.64 bits per heavy atom. The lowest BCUT2D eigenvalue weighted by molar-refractivity contribution is 0.374. The topological polar surface area (TPSA) is 0 Å². The van der Waals surface area contributed by atoms with Crippen molar-refractivity contribution in [2.45, 2.75) is 77.0 Å². The summed E-state index contributed by atoms with van der Waals surface area (Å²) >= 11 is 0. The number of hydrogen-bond acceptors (Lipinski definition) is 0. The van der Waals surface area contributed by atoms with Crippen LogP contribution in [0.2, 0.25) is 0 Å². The molecule has 1 aromatic carbocycles. The summed E-state index contributed by atoms with van der Waals surface area (Å²) < 4.78 is 0. The highest BCUT2D eigenvalue weighted by atomic mass is 14.5. The van der Waals surface area contributed by atoms with Gasteiger partial charge >= 0.3 is 0 Å². The molecule has 5 unspecified atom stereocenters. The molecule has 0 saturated carbocycles. The maximum absolute atomic E-state index is 4.48. The predicted molar refractivity (Wildman–Crippen MR) is 224 cm³/mol. The fraction of sp³-hybridized carbons (Fsp3) is 0.321. The summed E-state index contributed by atoms with van der Waals surface area (Å²) in [5.41, 5.74) is 22.1. The molecule has 0 saturated heterocycles. The van der Waals surface area contributed by atoms with Crippen LogP contribution in [0, 0.1) is 29.6 Å². The van der Waals surface area contributed by atoms with Gasteiger partial charge in [-0.3, -0.25) is 0 Å². The lowest BCUT2D eigenvalue weighted by atomic mass is 9.58. The Morgan fingerprint density at radius 1 is 0.736 bits per heavy atom. The monoisotopic (exact) mass is 686 g/mol. The smallest absolute Gasteiger partial charge is 0.0171 e. The summed E-state index contributed by atoms with van der Waals surface area (Å²) in [7, 11) is 0. The van der Waals surface area contributed by atoms with Gasteiger partial charge in [-0.05, 0) is 166 Å². The van der Waals surface area contributed by atoms with E-state index in [1.807, 2.05) is 0 Å². The first-order valence-corrected chi connectivity index (χ1v) is 20.8. The number of hydrogen-bond donors (Lipinski definition) is 0. The third-order valence-corrected chi connectivity index (χ3v) is 14.3. The van der Waals surface area contributed by atoms with E-state index in [9.17, 15) is 0 Å². The molecule has 1 aromatic rings. The van der Waals surface area contributed by atoms with Gasteiger partial charge in [-0.2, -0.15) is 0 Å². The molecule has 0 N–H and O–H groups in total. The molecule has 0 heteroatoms. The van der Waals surface area contributed by atoms with Crippen LogP contribution in [-0.4, -0.2) is 0 Å². The van der Waals surface area contributed by atoms with Crippen LogP contribution in [0.1, 0.15) is 88.2 Å². The second-order valence-corrected chi connectivity index (χ2v) is 16.9. The van der Waals surface area contributed by atoms with Crippen molar-refractivity contribution in [3.8, 4) is 0 Å². The first kappa shape index (κ1) is 31.8. The highest BCUT2D eigenvalue weighted by molar-refractivity contribution is 6.01. The Morgan fingerprint density at radius 3 is 2.51 bits per heavy atom. The minimum Gasteiger partial charge on any atom is -0.102 e. The zero-order valence-electron chi connectivity index (χ0n) is 31.0. The average molecular weight is 687 g/mol. The zero-order chi connectivity index (χ0) is 35.0. The predicted octanol–water partition coefficient (Wildman–Crippen LogP) is 11.9. The number of rotatable bonds is 5. The fourth-order valence-electron chi connectivity index (χ4n) is 12.0. The summed E-state index contributed by atoms with van der Waals surface area (Å²) in [5, 5.41) is 3.11. The van der Waals surface area contributed by atoms with E-state index in [0.29, 0.717) is 29.6 Å². The Kier molecular flexibility index (Phi) is 7.64. The summed E-state index contributed by atoms with van der Waals surface area (Å²) in [5.74, 6) is 2.29. The second kappa shape index (κ2) is 12.7. The van der Waals surface area contributed by atoms with Crippen molar-refractivity contribution in [1.29, 1.82) is 0 Å². The highest BCUT2D eigenvalue weighted by Crippen LogP contribution is 2.60. The Hall–Kier alpha value is -4.68. The van der Waals surface area contributed by atoms with Gasteiger partial charge in [-0.1, -0.05) is 127 Å². The van der Waals surface area contributed by atoms with Gasteiger partial charge in [0, 0.05) is 17.8 Å². The van der Waals surface area contributed by atoms with E-state index >= 15 is 0 Å². The summed E-state index contributed by atoms with van der Waals surface area (Å²) in [6.07, 6.45) is 55.4. The van der Waals surface area contributed by atoms with Gasteiger partial charge in [0.15, 0.2) is 0 Å². The molecule has 0 aromatic heterocycles. The summed E-state index contributed by atoms with van der Waals surface area (Å²) in [6, 6.07) is 5.02. The highest BCUT2D eigenvalue weighted by Gasteiger charge is 2.48. The Balaban J connectivity index is 1.25. The molecule has 0 radical (unpaired) electrons. The molecule has 0 aliphatic heterocycles. The van der Waals surface area contributed by atoms with E-state index in [1.165, 1.54) is 58.7 Å². The maximum atomic E-state index is 4.48. The summed E-state index contributed by atoms with van der Waals surface area (Å²) in [4.78, 5) is 0. The Labute approximate surface area is 315 Å². The third kappa shape index (κ3) is 4.87. The minimum absolute atomic E-state index is 0.351. The molecule has 11 rings (SSSR count). The average Bonchev–Trinajstić information content (AvgIpc) is 3.56. The molecular formula is C53H50. The van der Waals surface area contributed by atoms with E-state index in [2.05, 4.69) is 122 Å². The fourth-order valence-corrected chi connectivity index (χ4v) is 12.0. The van der Waals surface area contributed by atoms with Gasteiger partial charge in [-0.15, -0.1) is 6.58 Å². The number of benzene rings is 1. The molecule has 0 fully saturated rings. The zero-order valence-corrected chi connectivity index (χ0v) is 31.0. The van der Waals surface area contributed by atoms with E-state index in [-0.39, 0.29) is 0 Å². The van der Waals surface area contributed by atoms with Crippen molar-refractivity contribution in [3.05, 3.63) is 188 Å². The van der Waals surface area contributed by atoms with Crippen molar-refractivity contribution in [2.24, 2.45) is 29.6 Å². The molecule has 10 aliphatic carbocycles. The van der Waals surface area contributed by atoms with Crippen LogP contribution in [0.5, 0.6) is 0 Å². The van der Waals surface area contributed by atoms with E-state index < -0.39 is 0 Å². The van der Waals surface area contributed by atoms with Crippen LogP contribution in [0.15, 0.2) is 166 Å². The molecule has 0 spiro atoms. The van der Waals surface area contributed by atoms with Gasteiger partial charge < -0.3 is 0 Å². The quantitative estimate of drug-likeness (QED) is 0.271. The van der Waals surface area contributed by atoms with Crippen LogP contribution in [-0.2, 0) is 0 Å². The van der Waals surface area contributed by atoms with E-state index in [0.717, 1.165) is 51.4 Å². The normalized spacial score (nSPS) is 30.5. The minimum atomic E-state index is 0.351. The molecule has 0 nitrogen and oxygen atoms in total. The van der Waals surface area contributed by atoms with Crippen molar-refractivity contribution in [2.75, 3.05) is 0 Å². The van der Waals surface area contributed by atoms with Crippen LogP contribution >= 0.6 is 0 Å². The van der Waals surface area contributed by atoms with Crippen molar-refractivity contribution in [1.82, 2.24) is 0 Å². The third-order valence-electron chi connectivity index (χ3n) is 14.3. The van der Waals surface area contributed by atoms with Gasteiger partial charge in [0.1, 0.15) is 0 Å². The number of allylic oxidation sites excluding steroid dienone is 26. The maximum Gasteiger partial charge on any atom is 0.0171 e. The van der Waals surface area contributed by atoms with Gasteiger partial charge in [0.2, 0.25) is 0 Å². The van der Waals surface area contributed by atoms with Gasteiger partial charge in [-0.25, -0.2) is 0 Å². The molecule has 5 atom stereocenters. The van der Waals surface area contributed by atoms with Crippen LogP contribution < -0.4 is 10.4 Å². The molecule has 262 valence electrons. The SMILES string of the molecule is C=CC1CC2=c3c(ccc4c3=C1CC=C4)C1=C2C(C2=CCCC=C2C2=CC=CCC2)=C2C=C3C=CCCC3CC2C1C1=C(C2C=CC=CC2)CCC=C1. The molecule has 53 heavy (non-hydrogen) atoms. The van der Waals surface area contributed by atoms with Crippen LogP contribution in [0.3, 0.4) is 0 Å². The van der Waals surface area contributed by atoms with Crippen molar-refractivity contribution >= 4 is 22.8 Å². The van der Waals surface area contributed by atoms with Gasteiger partial charge in [0.25, 0.3) is 0 Å². The molecule has 10 aliphatic rings. The summed E-state index contributed by atoms with van der Waals surface area (Å²) in [6.45, 7) is 4.48. The largest absolute Gasteiger partial charge is 0.102 e. The second-order valence-electron chi connectivity index (χ2n) is 16.9. The number of fused-ring (bicyclic) bond motifs is 4. The first-order chi connectivity index (χ1) is 26.3. The van der Waals surface area contributed by atoms with Crippen molar-refractivity contribution < 1.29 is 0 Å². The lowest BCUT2D eigenvalue weighted by Crippen LogP contribution is -2.39. The lowest BCUT2D eigenvalue weighted by Gasteiger charge is -2.45. The van der Waals surface area contributed by atoms with E-state index in [1.54, 1.807) is 55.4 Å². The van der Waals surface area contributed by atoms with Crippen LogP contribution in [0.4, 0.5) is 0 Å². The molecular weight excluding hydrogens is 637 g/mol. The van der Waals surface area contributed by atoms with Gasteiger partial charge in [0.05, 0.1) is 0 Å². The standard InChI is InChI=1S/C53H50/c1-2-33-30-47-51-44(29-28-36-22-15-27-41(33)48(36)51)52-49(42-25-13-11-23-39(42)34-16-5-3-6-17-34)45-31-37-20-9-10-21-38(37)32-46(45)50(53(47)52)43-26-14-12-24-40(43)35-18-7-4-8-19-35/h2-7,10,13,15-16,18,21-22,24-26,28-29,32-34,37,45,49H,1,8-9,11-12,14,17,19-20,23,27,30-31H2. The Bertz CT molecular complexity index is 2420. The van der Waals surface area contributed by atoms with E-state index in [4.69, 9.17) is 0 Å². The molecule has 0 amide bonds. The molecule has 0 heterocycles. The van der Waals surface area contributed by atoms with Crippen molar-refractivity contribution in [3.63, 3.8) is 0 Å². The molecule has 0 bridgehead atoms.